The standard InChI is InChI=1S/C16H26BN2O2/c1-15(2)16(3,4)21-17(20-15)13-11-18-19(5)14(13)10-12-8-6-7-9-12/h11H,6-10H2,1-5H3. The molecular weight excluding hydrogens is 263 g/mol. The third-order valence-corrected chi connectivity index (χ3v) is 5.33. The van der Waals surface area contributed by atoms with E-state index in [9.17, 15) is 0 Å². The summed E-state index contributed by atoms with van der Waals surface area (Å²) >= 11 is 0. The molecule has 0 bridgehead atoms. The van der Waals surface area contributed by atoms with E-state index < -0.39 is 0 Å². The van der Waals surface area contributed by atoms with Crippen LogP contribution in [0.5, 0.6) is 0 Å². The Morgan fingerprint density at radius 1 is 1.14 bits per heavy atom. The number of nitrogens with zero attached hydrogens (tertiary/aromatic N) is 2. The van der Waals surface area contributed by atoms with Gasteiger partial charge >= 0.3 is 7.12 Å². The molecule has 1 aromatic heterocycles. The zero-order valence-corrected chi connectivity index (χ0v) is 13.9. The minimum Gasteiger partial charge on any atom is -0.399 e. The first-order chi connectivity index (χ1) is 9.80. The van der Waals surface area contributed by atoms with Crippen molar-refractivity contribution in [1.82, 2.24) is 9.78 Å². The normalized spacial score (nSPS) is 24.9. The summed E-state index contributed by atoms with van der Waals surface area (Å²) in [7, 11) is 1.71. The van der Waals surface area contributed by atoms with Crippen LogP contribution < -0.4 is 5.46 Å². The Kier molecular flexibility index (Phi) is 3.69. The first kappa shape index (κ1) is 15.1. The number of rotatable bonds is 3. The molecule has 5 heteroatoms. The largest absolute Gasteiger partial charge is 0.498 e. The van der Waals surface area contributed by atoms with E-state index >= 15 is 0 Å². The van der Waals surface area contributed by atoms with E-state index in [-0.39, 0.29) is 18.3 Å². The van der Waals surface area contributed by atoms with Crippen LogP contribution in [0.15, 0.2) is 6.20 Å². The molecule has 0 amide bonds. The number of hydrogen-bond donors (Lipinski definition) is 0. The number of aryl methyl sites for hydroxylation is 1. The Labute approximate surface area is 128 Å². The maximum Gasteiger partial charge on any atom is 0.498 e. The van der Waals surface area contributed by atoms with E-state index in [0.29, 0.717) is 0 Å². The van der Waals surface area contributed by atoms with E-state index in [4.69, 9.17) is 9.31 Å². The Balaban J connectivity index is 1.83. The molecule has 1 aliphatic heterocycles. The van der Waals surface area contributed by atoms with Gasteiger partial charge in [0, 0.05) is 24.4 Å². The van der Waals surface area contributed by atoms with E-state index in [2.05, 4.69) is 32.8 Å². The smallest absolute Gasteiger partial charge is 0.399 e. The Bertz CT molecular complexity index is 502. The summed E-state index contributed by atoms with van der Waals surface area (Å²) in [5, 5.41) is 4.44. The van der Waals surface area contributed by atoms with Crippen molar-refractivity contribution in [2.24, 2.45) is 7.05 Å². The third kappa shape index (κ3) is 2.66. The van der Waals surface area contributed by atoms with Crippen LogP contribution in [-0.2, 0) is 22.8 Å². The molecule has 21 heavy (non-hydrogen) atoms. The molecule has 1 aromatic rings. The highest BCUT2D eigenvalue weighted by molar-refractivity contribution is 6.62. The summed E-state index contributed by atoms with van der Waals surface area (Å²) in [4.78, 5) is 0. The maximum atomic E-state index is 6.18. The van der Waals surface area contributed by atoms with Gasteiger partial charge in [-0.05, 0) is 52.9 Å². The molecule has 2 aliphatic rings. The minimum atomic E-state index is -0.305. The topological polar surface area (TPSA) is 36.3 Å². The van der Waals surface area contributed by atoms with Crippen molar-refractivity contribution in [1.29, 1.82) is 0 Å². The van der Waals surface area contributed by atoms with Gasteiger partial charge in [-0.15, -0.1) is 0 Å². The molecule has 0 spiro atoms. The van der Waals surface area contributed by atoms with Gasteiger partial charge in [0.1, 0.15) is 0 Å². The lowest BCUT2D eigenvalue weighted by Gasteiger charge is -2.32. The SMILES string of the molecule is Cn1ncc(B2OC(C)(C)C(C)(C)O2)c1C[C]1CCCC1. The molecular formula is C16H26BN2O2. The first-order valence-corrected chi connectivity index (χ1v) is 8.00. The summed E-state index contributed by atoms with van der Waals surface area (Å²) in [6.07, 6.45) is 8.10. The number of hydrogen-bond acceptors (Lipinski definition) is 3. The van der Waals surface area contributed by atoms with Gasteiger partial charge in [-0.25, -0.2) is 0 Å². The maximum absolute atomic E-state index is 6.18. The summed E-state index contributed by atoms with van der Waals surface area (Å²) in [6.45, 7) is 8.37. The summed E-state index contributed by atoms with van der Waals surface area (Å²) < 4.78 is 14.3. The third-order valence-electron chi connectivity index (χ3n) is 5.33. The predicted molar refractivity (Wildman–Crippen MR) is 84.3 cm³/mol. The highest BCUT2D eigenvalue weighted by Crippen LogP contribution is 2.37. The van der Waals surface area contributed by atoms with Crippen LogP contribution >= 0.6 is 0 Å². The van der Waals surface area contributed by atoms with Gasteiger partial charge in [-0.1, -0.05) is 12.8 Å². The minimum absolute atomic E-state index is 0.300. The molecule has 4 nitrogen and oxygen atoms in total. The van der Waals surface area contributed by atoms with Crippen LogP contribution in [0.4, 0.5) is 0 Å². The lowest BCUT2D eigenvalue weighted by atomic mass is 9.77. The highest BCUT2D eigenvalue weighted by Gasteiger charge is 2.52. The van der Waals surface area contributed by atoms with Gasteiger partial charge in [0.15, 0.2) is 0 Å². The Hall–Kier alpha value is -0.805. The fourth-order valence-electron chi connectivity index (χ4n) is 3.15. The zero-order chi connectivity index (χ0) is 15.3. The quantitative estimate of drug-likeness (QED) is 0.802. The molecule has 1 aliphatic carbocycles. The summed E-state index contributed by atoms with van der Waals surface area (Å²) in [5.74, 6) is 1.64. The average molecular weight is 289 g/mol. The fourth-order valence-corrected chi connectivity index (χ4v) is 3.15. The average Bonchev–Trinajstić information content (AvgIpc) is 3.03. The van der Waals surface area contributed by atoms with Gasteiger partial charge in [-0.3, -0.25) is 4.68 Å². The lowest BCUT2D eigenvalue weighted by Crippen LogP contribution is -2.41. The zero-order valence-electron chi connectivity index (χ0n) is 13.9. The van der Waals surface area contributed by atoms with Crippen molar-refractivity contribution in [3.63, 3.8) is 0 Å². The van der Waals surface area contributed by atoms with Gasteiger partial charge in [-0.2, -0.15) is 5.10 Å². The second-order valence-corrected chi connectivity index (χ2v) is 7.39. The lowest BCUT2D eigenvalue weighted by molar-refractivity contribution is 0.00578. The predicted octanol–water partition coefficient (Wildman–Crippen LogP) is 2.41. The van der Waals surface area contributed by atoms with Crippen LogP contribution in [0, 0.1) is 5.92 Å². The van der Waals surface area contributed by atoms with Crippen molar-refractivity contribution < 1.29 is 9.31 Å². The first-order valence-electron chi connectivity index (χ1n) is 8.00. The molecule has 1 saturated carbocycles. The molecule has 0 atom stereocenters. The van der Waals surface area contributed by atoms with Gasteiger partial charge < -0.3 is 9.31 Å². The second kappa shape index (κ2) is 5.13. The van der Waals surface area contributed by atoms with Crippen molar-refractivity contribution >= 4 is 12.6 Å². The van der Waals surface area contributed by atoms with E-state index in [0.717, 1.165) is 11.9 Å². The Morgan fingerprint density at radius 3 is 2.29 bits per heavy atom. The summed E-state index contributed by atoms with van der Waals surface area (Å²) in [6, 6.07) is 0. The van der Waals surface area contributed by atoms with Gasteiger partial charge in [0.05, 0.1) is 11.2 Å². The molecule has 0 N–H and O–H groups in total. The molecule has 2 fully saturated rings. The molecule has 0 aromatic carbocycles. The van der Waals surface area contributed by atoms with Crippen LogP contribution in [0.1, 0.15) is 59.1 Å². The monoisotopic (exact) mass is 289 g/mol. The van der Waals surface area contributed by atoms with Crippen molar-refractivity contribution in [3.05, 3.63) is 17.8 Å². The van der Waals surface area contributed by atoms with Crippen molar-refractivity contribution in [2.45, 2.75) is 71.0 Å². The molecule has 1 saturated heterocycles. The highest BCUT2D eigenvalue weighted by atomic mass is 16.7. The molecule has 3 rings (SSSR count). The van der Waals surface area contributed by atoms with Gasteiger partial charge in [0.25, 0.3) is 0 Å². The molecule has 1 radical (unpaired) electrons. The molecule has 115 valence electrons. The van der Waals surface area contributed by atoms with E-state index in [1.54, 1.807) is 5.92 Å². The molecule has 2 heterocycles. The second-order valence-electron chi connectivity index (χ2n) is 7.39. The summed E-state index contributed by atoms with van der Waals surface area (Å²) in [5.41, 5.74) is 1.73. The fraction of sp³-hybridized carbons (Fsp3) is 0.750. The van der Waals surface area contributed by atoms with Crippen LogP contribution in [0.3, 0.4) is 0 Å². The van der Waals surface area contributed by atoms with Crippen LogP contribution in [0.2, 0.25) is 0 Å². The van der Waals surface area contributed by atoms with Crippen molar-refractivity contribution in [3.8, 4) is 0 Å². The van der Waals surface area contributed by atoms with E-state index in [1.165, 1.54) is 31.4 Å². The van der Waals surface area contributed by atoms with Crippen LogP contribution in [-0.4, -0.2) is 28.1 Å². The number of aromatic nitrogens is 2. The molecule has 0 unspecified atom stereocenters. The Morgan fingerprint density at radius 2 is 1.71 bits per heavy atom. The van der Waals surface area contributed by atoms with E-state index in [1.807, 2.05) is 17.9 Å². The van der Waals surface area contributed by atoms with Gasteiger partial charge in [0.2, 0.25) is 0 Å². The van der Waals surface area contributed by atoms with Crippen molar-refractivity contribution in [2.75, 3.05) is 0 Å². The van der Waals surface area contributed by atoms with Crippen LogP contribution in [0.25, 0.3) is 0 Å².